The van der Waals surface area contributed by atoms with E-state index >= 15 is 0 Å². The second kappa shape index (κ2) is 6.42. The monoisotopic (exact) mass is 355 g/mol. The lowest BCUT2D eigenvalue weighted by Crippen LogP contribution is -2.50. The molecular weight excluding hydrogens is 343 g/mol. The van der Waals surface area contributed by atoms with E-state index in [0.717, 1.165) is 12.1 Å². The predicted octanol–water partition coefficient (Wildman–Crippen LogP) is 1.77. The topological polar surface area (TPSA) is 96.0 Å². The third-order valence-corrected chi connectivity index (χ3v) is 4.74. The van der Waals surface area contributed by atoms with Crippen LogP contribution in [-0.2, 0) is 16.2 Å². The van der Waals surface area contributed by atoms with E-state index in [1.165, 1.54) is 6.07 Å². The van der Waals surface area contributed by atoms with Crippen LogP contribution in [0.1, 0.15) is 24.0 Å². The van der Waals surface area contributed by atoms with Crippen LogP contribution in [0.3, 0.4) is 0 Å². The zero-order valence-electron chi connectivity index (χ0n) is 11.1. The summed E-state index contributed by atoms with van der Waals surface area (Å²) in [6.45, 7) is 0. The molecule has 0 amide bonds. The molecule has 0 heterocycles. The molecule has 1 aromatic carbocycles. The molecule has 1 aliphatic rings. The fourth-order valence-electron chi connectivity index (χ4n) is 2.08. The lowest BCUT2D eigenvalue weighted by Gasteiger charge is -2.32. The van der Waals surface area contributed by atoms with Crippen molar-refractivity contribution in [3.63, 3.8) is 0 Å². The van der Waals surface area contributed by atoms with Gasteiger partial charge in [0, 0.05) is 12.1 Å². The predicted molar refractivity (Wildman–Crippen MR) is 74.7 cm³/mol. The van der Waals surface area contributed by atoms with Crippen molar-refractivity contribution in [1.29, 1.82) is 5.26 Å². The Morgan fingerprint density at radius 1 is 1.32 bits per heavy atom. The molecule has 0 spiro atoms. The Kier molecular flexibility index (Phi) is 5.46. The Hall–Kier alpha value is -1.34. The van der Waals surface area contributed by atoms with Crippen LogP contribution in [0.4, 0.5) is 13.2 Å². The molecule has 0 aromatic heterocycles. The van der Waals surface area contributed by atoms with Crippen molar-refractivity contribution in [3.05, 3.63) is 29.3 Å². The van der Waals surface area contributed by atoms with Gasteiger partial charge in [-0.2, -0.15) is 18.4 Å². The summed E-state index contributed by atoms with van der Waals surface area (Å²) >= 11 is 0. The standard InChI is InChI=1S/C12H12F3N3O2S.ClH/c13-12(14,15)11-2-1-10(3-7(11)6-16)21(19,20)18-9-4-8(17)5-9;/h1-3,8-9,18H,4-5,17H2;1H. The molecule has 122 valence electrons. The molecule has 0 atom stereocenters. The van der Waals surface area contributed by atoms with Gasteiger partial charge in [0.2, 0.25) is 10.0 Å². The maximum atomic E-state index is 12.7. The number of nitrogens with zero attached hydrogens (tertiary/aromatic N) is 1. The highest BCUT2D eigenvalue weighted by atomic mass is 35.5. The molecule has 10 heteroatoms. The van der Waals surface area contributed by atoms with Gasteiger partial charge >= 0.3 is 6.18 Å². The van der Waals surface area contributed by atoms with Crippen molar-refractivity contribution in [2.45, 2.75) is 36.0 Å². The number of nitrogens with one attached hydrogen (secondary N) is 1. The van der Waals surface area contributed by atoms with Gasteiger partial charge < -0.3 is 5.73 Å². The number of rotatable bonds is 3. The number of benzene rings is 1. The number of nitriles is 1. The molecule has 2 rings (SSSR count). The van der Waals surface area contributed by atoms with Crippen molar-refractivity contribution >= 4 is 22.4 Å². The van der Waals surface area contributed by atoms with Gasteiger partial charge in [-0.05, 0) is 31.0 Å². The summed E-state index contributed by atoms with van der Waals surface area (Å²) in [5.74, 6) is 0. The van der Waals surface area contributed by atoms with Crippen LogP contribution < -0.4 is 10.5 Å². The average Bonchev–Trinajstić information content (AvgIpc) is 2.34. The van der Waals surface area contributed by atoms with Crippen molar-refractivity contribution < 1.29 is 21.6 Å². The Morgan fingerprint density at radius 2 is 1.91 bits per heavy atom. The van der Waals surface area contributed by atoms with Crippen LogP contribution in [0, 0.1) is 11.3 Å². The third kappa shape index (κ3) is 3.89. The molecule has 0 aliphatic heterocycles. The van der Waals surface area contributed by atoms with Crippen molar-refractivity contribution in [3.8, 4) is 6.07 Å². The molecule has 0 saturated heterocycles. The lowest BCUT2D eigenvalue weighted by atomic mass is 9.89. The highest BCUT2D eigenvalue weighted by Crippen LogP contribution is 2.33. The molecule has 0 bridgehead atoms. The summed E-state index contributed by atoms with van der Waals surface area (Å²) in [7, 11) is -3.96. The molecule has 0 unspecified atom stereocenters. The van der Waals surface area contributed by atoms with Crippen molar-refractivity contribution in [2.75, 3.05) is 0 Å². The molecule has 1 fully saturated rings. The maximum absolute atomic E-state index is 12.7. The first-order chi connectivity index (χ1) is 9.63. The average molecular weight is 356 g/mol. The maximum Gasteiger partial charge on any atom is 0.417 e. The van der Waals surface area contributed by atoms with Crippen LogP contribution in [0.5, 0.6) is 0 Å². The first-order valence-corrected chi connectivity index (χ1v) is 7.51. The van der Waals surface area contributed by atoms with E-state index in [1.54, 1.807) is 0 Å². The Labute approximate surface area is 131 Å². The van der Waals surface area contributed by atoms with E-state index in [9.17, 15) is 21.6 Å². The fourth-order valence-corrected chi connectivity index (χ4v) is 3.36. The van der Waals surface area contributed by atoms with E-state index in [0.29, 0.717) is 18.9 Å². The molecular formula is C12H13ClF3N3O2S. The largest absolute Gasteiger partial charge is 0.417 e. The molecule has 1 aliphatic carbocycles. The summed E-state index contributed by atoms with van der Waals surface area (Å²) < 4.78 is 64.4. The molecule has 0 radical (unpaired) electrons. The van der Waals surface area contributed by atoms with Gasteiger partial charge in [0.15, 0.2) is 0 Å². The minimum Gasteiger partial charge on any atom is -0.328 e. The second-order valence-corrected chi connectivity index (χ2v) is 6.58. The van der Waals surface area contributed by atoms with Gasteiger partial charge in [-0.15, -0.1) is 12.4 Å². The fraction of sp³-hybridized carbons (Fsp3) is 0.417. The first kappa shape index (κ1) is 18.7. The SMILES string of the molecule is Cl.N#Cc1cc(S(=O)(=O)NC2CC(N)C2)ccc1C(F)(F)F. The van der Waals surface area contributed by atoms with Crippen LogP contribution in [0.15, 0.2) is 23.1 Å². The van der Waals surface area contributed by atoms with E-state index < -0.39 is 27.3 Å². The molecule has 1 aromatic rings. The van der Waals surface area contributed by atoms with Gasteiger partial charge in [0.05, 0.1) is 22.1 Å². The van der Waals surface area contributed by atoms with Crippen LogP contribution in [0.25, 0.3) is 0 Å². The van der Waals surface area contributed by atoms with Crippen LogP contribution in [0.2, 0.25) is 0 Å². The number of halogens is 4. The smallest absolute Gasteiger partial charge is 0.328 e. The van der Waals surface area contributed by atoms with E-state index in [2.05, 4.69) is 4.72 Å². The minimum atomic E-state index is -4.71. The molecule has 1 saturated carbocycles. The molecule has 5 nitrogen and oxygen atoms in total. The normalized spacial score (nSPS) is 21.4. The summed E-state index contributed by atoms with van der Waals surface area (Å²) in [5.41, 5.74) is 3.65. The Morgan fingerprint density at radius 3 is 2.36 bits per heavy atom. The van der Waals surface area contributed by atoms with E-state index in [-0.39, 0.29) is 29.4 Å². The quantitative estimate of drug-likeness (QED) is 0.863. The number of nitrogens with two attached hydrogens (primary N) is 1. The zero-order valence-corrected chi connectivity index (χ0v) is 12.7. The third-order valence-electron chi connectivity index (χ3n) is 3.22. The van der Waals surface area contributed by atoms with E-state index in [1.807, 2.05) is 0 Å². The number of hydrogen-bond donors (Lipinski definition) is 2. The summed E-state index contributed by atoms with van der Waals surface area (Å²) in [6.07, 6.45) is -3.75. The van der Waals surface area contributed by atoms with E-state index in [4.69, 9.17) is 11.0 Å². The highest BCUT2D eigenvalue weighted by molar-refractivity contribution is 7.89. The number of alkyl halides is 3. The Balaban J connectivity index is 0.00000242. The Bertz CT molecular complexity index is 695. The molecule has 3 N–H and O–H groups in total. The van der Waals surface area contributed by atoms with Gasteiger partial charge in [-0.3, -0.25) is 0 Å². The highest BCUT2D eigenvalue weighted by Gasteiger charge is 2.35. The first-order valence-electron chi connectivity index (χ1n) is 6.03. The summed E-state index contributed by atoms with van der Waals surface area (Å²) in [5, 5.41) is 8.76. The van der Waals surface area contributed by atoms with Crippen LogP contribution in [-0.4, -0.2) is 20.5 Å². The molecule has 22 heavy (non-hydrogen) atoms. The lowest BCUT2D eigenvalue weighted by molar-refractivity contribution is -0.137. The van der Waals surface area contributed by atoms with Crippen LogP contribution >= 0.6 is 12.4 Å². The van der Waals surface area contributed by atoms with Crippen molar-refractivity contribution in [2.24, 2.45) is 5.73 Å². The van der Waals surface area contributed by atoms with Gasteiger partial charge in [0.1, 0.15) is 0 Å². The van der Waals surface area contributed by atoms with Gasteiger partial charge in [-0.1, -0.05) is 0 Å². The zero-order chi connectivity index (χ0) is 15.8. The number of hydrogen-bond acceptors (Lipinski definition) is 4. The van der Waals surface area contributed by atoms with Gasteiger partial charge in [0.25, 0.3) is 0 Å². The van der Waals surface area contributed by atoms with Gasteiger partial charge in [-0.25, -0.2) is 13.1 Å². The van der Waals surface area contributed by atoms with Crippen molar-refractivity contribution in [1.82, 2.24) is 4.72 Å². The summed E-state index contributed by atoms with van der Waals surface area (Å²) in [4.78, 5) is -0.368. The second-order valence-electron chi connectivity index (χ2n) is 4.87. The minimum absolute atomic E-state index is 0. The number of sulfonamides is 1. The summed E-state index contributed by atoms with van der Waals surface area (Å²) in [6, 6.07) is 3.14.